The lowest BCUT2D eigenvalue weighted by atomic mass is 10.1. The van der Waals surface area contributed by atoms with Crippen LogP contribution in [0.25, 0.3) is 0 Å². The Morgan fingerprint density at radius 2 is 2.06 bits per heavy atom. The normalized spacial score (nSPS) is 13.8. The molecule has 0 bridgehead atoms. The maximum atomic E-state index is 10.7. The Morgan fingerprint density at radius 1 is 1.44 bits per heavy atom. The largest absolute Gasteiger partial charge is 0.464 e. The van der Waals surface area contributed by atoms with Crippen molar-refractivity contribution in [3.05, 3.63) is 18.0 Å². The van der Waals surface area contributed by atoms with E-state index in [1.165, 1.54) is 19.3 Å². The number of hydrogen-bond donors (Lipinski definition) is 3. The minimum atomic E-state index is -1.16. The Hall–Kier alpha value is -1.73. The van der Waals surface area contributed by atoms with Crippen LogP contribution in [0.4, 0.5) is 0 Å². The fourth-order valence-corrected chi connectivity index (χ4v) is 1.26. The number of nitrogens with one attached hydrogen (secondary N) is 1. The minimum Gasteiger partial charge on any atom is -0.464 e. The average Bonchev–Trinajstić information content (AvgIpc) is 2.36. The lowest BCUT2D eigenvalue weighted by Crippen LogP contribution is -2.34. The van der Waals surface area contributed by atoms with Gasteiger partial charge in [0, 0.05) is 31.4 Å². The van der Waals surface area contributed by atoms with Crippen LogP contribution in [-0.4, -0.2) is 45.3 Å². The van der Waals surface area contributed by atoms with Crippen molar-refractivity contribution in [3.63, 3.8) is 0 Å². The van der Waals surface area contributed by atoms with Crippen LogP contribution in [0, 0.1) is 0 Å². The van der Waals surface area contributed by atoms with Gasteiger partial charge in [-0.15, -0.1) is 0 Å². The highest BCUT2D eigenvalue weighted by molar-refractivity contribution is 5.72. The number of aliphatic hydroxyl groups excluding tert-OH is 2. The molecule has 7 nitrogen and oxygen atoms in total. The molecule has 0 saturated heterocycles. The Labute approximate surface area is 105 Å². The molecule has 3 N–H and O–H groups in total. The second kappa shape index (κ2) is 6.87. The first-order valence-electron chi connectivity index (χ1n) is 5.60. The summed E-state index contributed by atoms with van der Waals surface area (Å²) in [5, 5.41) is 21.9. The zero-order chi connectivity index (χ0) is 13.5. The van der Waals surface area contributed by atoms with Gasteiger partial charge in [-0.1, -0.05) is 0 Å². The maximum Gasteiger partial charge on any atom is 0.316 e. The number of aromatic nitrogens is 2. The molecule has 0 aliphatic rings. The molecular weight excluding hydrogens is 238 g/mol. The number of carbonyl (C=O) groups excluding carboxylic acids is 1. The zero-order valence-electron chi connectivity index (χ0n) is 10.3. The highest BCUT2D eigenvalue weighted by Crippen LogP contribution is 2.15. The molecule has 7 heteroatoms. The Kier molecular flexibility index (Phi) is 5.47. The molecule has 2 unspecified atom stereocenters. The van der Waals surface area contributed by atoms with Gasteiger partial charge in [-0.05, 0) is 6.92 Å². The lowest BCUT2D eigenvalue weighted by Gasteiger charge is -2.17. The van der Waals surface area contributed by atoms with Gasteiger partial charge in [-0.25, -0.2) is 9.97 Å². The van der Waals surface area contributed by atoms with E-state index in [-0.39, 0.29) is 18.5 Å². The van der Waals surface area contributed by atoms with E-state index in [9.17, 15) is 15.0 Å². The standard InChI is InChI=1S/C11H17N3O4/c1-3-18-11-13-4-8(5-14-11)10(17)9(16)6-12-7(2)15/h4-5,9-10,16-17H,3,6H2,1-2H3,(H,12,15). The molecule has 0 aliphatic heterocycles. The summed E-state index contributed by atoms with van der Waals surface area (Å²) in [5.41, 5.74) is 0.358. The van der Waals surface area contributed by atoms with E-state index in [0.29, 0.717) is 12.2 Å². The third kappa shape index (κ3) is 4.27. The van der Waals surface area contributed by atoms with E-state index in [1.807, 2.05) is 6.92 Å². The SMILES string of the molecule is CCOc1ncc(C(O)C(O)CNC(C)=O)cn1. The van der Waals surface area contributed by atoms with Crippen LogP contribution in [0.15, 0.2) is 12.4 Å². The molecule has 0 spiro atoms. The zero-order valence-corrected chi connectivity index (χ0v) is 10.3. The first-order chi connectivity index (χ1) is 8.54. The summed E-state index contributed by atoms with van der Waals surface area (Å²) >= 11 is 0. The molecule has 1 amide bonds. The van der Waals surface area contributed by atoms with Crippen LogP contribution >= 0.6 is 0 Å². The molecule has 1 aromatic heterocycles. The van der Waals surface area contributed by atoms with E-state index in [4.69, 9.17) is 4.74 Å². The Bertz CT molecular complexity index is 382. The molecule has 0 radical (unpaired) electrons. The van der Waals surface area contributed by atoms with Gasteiger partial charge < -0.3 is 20.3 Å². The molecule has 0 saturated carbocycles. The summed E-state index contributed by atoms with van der Waals surface area (Å²) in [6.45, 7) is 3.55. The number of hydrogen-bond acceptors (Lipinski definition) is 6. The van der Waals surface area contributed by atoms with E-state index in [1.54, 1.807) is 0 Å². The van der Waals surface area contributed by atoms with Crippen molar-refractivity contribution in [2.45, 2.75) is 26.1 Å². The highest BCUT2D eigenvalue weighted by Gasteiger charge is 2.19. The highest BCUT2D eigenvalue weighted by atomic mass is 16.5. The van der Waals surface area contributed by atoms with Crippen LogP contribution in [0.5, 0.6) is 6.01 Å². The number of nitrogens with zero attached hydrogens (tertiary/aromatic N) is 2. The fourth-order valence-electron chi connectivity index (χ4n) is 1.26. The van der Waals surface area contributed by atoms with Gasteiger partial charge in [0.25, 0.3) is 0 Å². The van der Waals surface area contributed by atoms with E-state index in [2.05, 4.69) is 15.3 Å². The Morgan fingerprint density at radius 3 is 2.56 bits per heavy atom. The van der Waals surface area contributed by atoms with Crippen molar-refractivity contribution in [3.8, 4) is 6.01 Å². The molecular formula is C11H17N3O4. The number of amides is 1. The smallest absolute Gasteiger partial charge is 0.316 e. The van der Waals surface area contributed by atoms with Gasteiger partial charge >= 0.3 is 6.01 Å². The molecule has 100 valence electrons. The number of carbonyl (C=O) groups is 1. The van der Waals surface area contributed by atoms with Gasteiger partial charge in [-0.3, -0.25) is 4.79 Å². The number of aliphatic hydroxyl groups is 2. The first-order valence-corrected chi connectivity index (χ1v) is 5.60. The molecule has 1 rings (SSSR count). The van der Waals surface area contributed by atoms with Crippen molar-refractivity contribution in [2.75, 3.05) is 13.2 Å². The molecule has 1 heterocycles. The second-order valence-corrected chi connectivity index (χ2v) is 3.68. The van der Waals surface area contributed by atoms with Gasteiger partial charge in [0.15, 0.2) is 0 Å². The first kappa shape index (κ1) is 14.3. The fraction of sp³-hybridized carbons (Fsp3) is 0.545. The molecule has 0 aliphatic carbocycles. The minimum absolute atomic E-state index is 0.0380. The summed E-state index contributed by atoms with van der Waals surface area (Å²) in [6.07, 6.45) is 0.474. The van der Waals surface area contributed by atoms with Crippen molar-refractivity contribution in [2.24, 2.45) is 0 Å². The van der Waals surface area contributed by atoms with Gasteiger partial charge in [0.2, 0.25) is 5.91 Å². The molecule has 0 fully saturated rings. The average molecular weight is 255 g/mol. The number of ether oxygens (including phenoxy) is 1. The topological polar surface area (TPSA) is 105 Å². The molecule has 18 heavy (non-hydrogen) atoms. The summed E-state index contributed by atoms with van der Waals surface area (Å²) in [4.78, 5) is 18.4. The van der Waals surface area contributed by atoms with Crippen LogP contribution in [0.3, 0.4) is 0 Å². The van der Waals surface area contributed by atoms with E-state index in [0.717, 1.165) is 0 Å². The van der Waals surface area contributed by atoms with Crippen LogP contribution in [0.2, 0.25) is 0 Å². The molecule has 0 aromatic carbocycles. The second-order valence-electron chi connectivity index (χ2n) is 3.68. The van der Waals surface area contributed by atoms with E-state index < -0.39 is 12.2 Å². The summed E-state index contributed by atoms with van der Waals surface area (Å²) in [7, 11) is 0. The quantitative estimate of drug-likeness (QED) is 0.627. The van der Waals surface area contributed by atoms with Crippen molar-refractivity contribution in [1.29, 1.82) is 0 Å². The maximum absolute atomic E-state index is 10.7. The van der Waals surface area contributed by atoms with Gasteiger partial charge in [0.1, 0.15) is 12.2 Å². The lowest BCUT2D eigenvalue weighted by molar-refractivity contribution is -0.119. The van der Waals surface area contributed by atoms with Crippen LogP contribution < -0.4 is 10.1 Å². The molecule has 1 aromatic rings. The predicted molar refractivity (Wildman–Crippen MR) is 62.9 cm³/mol. The van der Waals surface area contributed by atoms with E-state index >= 15 is 0 Å². The van der Waals surface area contributed by atoms with Crippen molar-refractivity contribution >= 4 is 5.91 Å². The van der Waals surface area contributed by atoms with Crippen LogP contribution in [-0.2, 0) is 4.79 Å². The van der Waals surface area contributed by atoms with Crippen molar-refractivity contribution in [1.82, 2.24) is 15.3 Å². The van der Waals surface area contributed by atoms with Gasteiger partial charge in [0.05, 0.1) is 6.61 Å². The molecule has 2 atom stereocenters. The number of rotatable bonds is 6. The summed E-state index contributed by atoms with van der Waals surface area (Å²) in [5.74, 6) is -0.274. The van der Waals surface area contributed by atoms with Crippen LogP contribution in [0.1, 0.15) is 25.5 Å². The van der Waals surface area contributed by atoms with Crippen molar-refractivity contribution < 1.29 is 19.7 Å². The summed E-state index contributed by atoms with van der Waals surface area (Å²) < 4.78 is 5.06. The Balaban J connectivity index is 2.59. The summed E-state index contributed by atoms with van der Waals surface area (Å²) in [6, 6.07) is 0.213. The third-order valence-corrected chi connectivity index (χ3v) is 2.19. The third-order valence-electron chi connectivity index (χ3n) is 2.19. The van der Waals surface area contributed by atoms with Gasteiger partial charge in [-0.2, -0.15) is 0 Å². The predicted octanol–water partition coefficient (Wildman–Crippen LogP) is -0.594. The monoisotopic (exact) mass is 255 g/mol.